The van der Waals surface area contributed by atoms with E-state index in [2.05, 4.69) is 0 Å². The molecule has 2 rings (SSSR count). The predicted octanol–water partition coefficient (Wildman–Crippen LogP) is -0.566. The summed E-state index contributed by atoms with van der Waals surface area (Å²) in [6.45, 7) is -1.50. The van der Waals surface area contributed by atoms with E-state index in [1.807, 2.05) is 0 Å². The lowest BCUT2D eigenvalue weighted by atomic mass is 10.0. The number of carbonyl (C=O) groups is 1. The molecular formula is C21H26O10. The number of aryl methyl sites for hydroxylation is 1. The van der Waals surface area contributed by atoms with Crippen molar-refractivity contribution in [2.75, 3.05) is 13.2 Å². The van der Waals surface area contributed by atoms with Gasteiger partial charge in [0.25, 0.3) is 0 Å². The fraction of sp³-hybridized carbons (Fsp3) is 0.381. The molecule has 10 nitrogen and oxygen atoms in total. The van der Waals surface area contributed by atoms with Gasteiger partial charge in [-0.15, -0.1) is 0 Å². The molecule has 2 aromatic rings. The molecule has 0 spiro atoms. The minimum atomic E-state index is -1.87. The van der Waals surface area contributed by atoms with Gasteiger partial charge in [-0.25, -0.2) is 0 Å². The van der Waals surface area contributed by atoms with E-state index in [1.54, 1.807) is 12.1 Å². The van der Waals surface area contributed by atoms with Gasteiger partial charge in [0.1, 0.15) is 59.6 Å². The number of ketones is 1. The highest BCUT2D eigenvalue weighted by Gasteiger charge is 2.31. The number of rotatable bonds is 11. The molecule has 31 heavy (non-hydrogen) atoms. The number of aliphatic hydroxyl groups is 5. The molecule has 8 N–H and O–H groups in total. The largest absolute Gasteiger partial charge is 0.508 e. The molecule has 0 fully saturated rings. The van der Waals surface area contributed by atoms with Crippen molar-refractivity contribution in [1.29, 1.82) is 0 Å². The van der Waals surface area contributed by atoms with Gasteiger partial charge < -0.3 is 45.6 Å². The zero-order valence-electron chi connectivity index (χ0n) is 16.5. The summed E-state index contributed by atoms with van der Waals surface area (Å²) in [4.78, 5) is 12.7. The van der Waals surface area contributed by atoms with Crippen LogP contribution in [-0.4, -0.2) is 84.3 Å². The molecule has 0 amide bonds. The van der Waals surface area contributed by atoms with Crippen molar-refractivity contribution in [2.45, 2.75) is 37.3 Å². The maximum atomic E-state index is 12.7. The van der Waals surface area contributed by atoms with Crippen LogP contribution in [-0.2, 0) is 6.42 Å². The van der Waals surface area contributed by atoms with E-state index in [0.29, 0.717) is 6.42 Å². The van der Waals surface area contributed by atoms with Crippen LogP contribution >= 0.6 is 0 Å². The average Bonchev–Trinajstić information content (AvgIpc) is 2.74. The maximum absolute atomic E-state index is 12.7. The Morgan fingerprint density at radius 3 is 2.10 bits per heavy atom. The number of phenols is 3. The van der Waals surface area contributed by atoms with Gasteiger partial charge in [-0.3, -0.25) is 4.79 Å². The molecule has 0 bridgehead atoms. The lowest BCUT2D eigenvalue weighted by molar-refractivity contribution is -0.121. The highest BCUT2D eigenvalue weighted by atomic mass is 16.5. The smallest absolute Gasteiger partial charge is 0.170 e. The van der Waals surface area contributed by atoms with Gasteiger partial charge in [0.2, 0.25) is 0 Å². The van der Waals surface area contributed by atoms with E-state index >= 15 is 0 Å². The average molecular weight is 438 g/mol. The minimum absolute atomic E-state index is 0.0357. The third kappa shape index (κ3) is 6.54. The molecule has 0 heterocycles. The number of phenolic OH excluding ortho intramolecular Hbond substituents is 3. The number of hydrogen-bond acceptors (Lipinski definition) is 10. The van der Waals surface area contributed by atoms with Gasteiger partial charge in [0, 0.05) is 18.6 Å². The third-order valence-corrected chi connectivity index (χ3v) is 4.66. The van der Waals surface area contributed by atoms with Crippen LogP contribution in [0.4, 0.5) is 0 Å². The van der Waals surface area contributed by atoms with Crippen LogP contribution in [0.1, 0.15) is 22.3 Å². The molecule has 2 unspecified atom stereocenters. The van der Waals surface area contributed by atoms with E-state index in [1.165, 1.54) is 12.1 Å². The Morgan fingerprint density at radius 2 is 1.48 bits per heavy atom. The summed E-state index contributed by atoms with van der Waals surface area (Å²) >= 11 is 0. The molecule has 10 heteroatoms. The van der Waals surface area contributed by atoms with Gasteiger partial charge in [0.15, 0.2) is 5.78 Å². The van der Waals surface area contributed by atoms with Crippen molar-refractivity contribution in [3.63, 3.8) is 0 Å². The van der Waals surface area contributed by atoms with Crippen molar-refractivity contribution in [3.05, 3.63) is 47.5 Å². The summed E-state index contributed by atoms with van der Waals surface area (Å²) in [5.74, 6) is -1.65. The highest BCUT2D eigenvalue weighted by Crippen LogP contribution is 2.34. The van der Waals surface area contributed by atoms with Gasteiger partial charge in [0.05, 0.1) is 6.61 Å². The second kappa shape index (κ2) is 10.9. The molecule has 4 atom stereocenters. The van der Waals surface area contributed by atoms with Gasteiger partial charge in [-0.05, 0) is 24.1 Å². The fourth-order valence-electron chi connectivity index (χ4n) is 2.86. The molecule has 0 aromatic heterocycles. The highest BCUT2D eigenvalue weighted by molar-refractivity contribution is 6.01. The molecule has 0 saturated carbocycles. The third-order valence-electron chi connectivity index (χ3n) is 4.66. The van der Waals surface area contributed by atoms with E-state index < -0.39 is 54.9 Å². The zero-order chi connectivity index (χ0) is 23.1. The number of aliphatic hydroxyl groups excluding tert-OH is 5. The first kappa shape index (κ1) is 24.4. The number of Topliss-reactive ketones (excluding diaryl/α,β-unsaturated/α-hetero) is 1. The zero-order valence-corrected chi connectivity index (χ0v) is 16.5. The van der Waals surface area contributed by atoms with Gasteiger partial charge in [-0.1, -0.05) is 12.1 Å². The summed E-state index contributed by atoms with van der Waals surface area (Å²) in [5.41, 5.74) is 0.524. The van der Waals surface area contributed by atoms with E-state index in [9.17, 15) is 40.5 Å². The maximum Gasteiger partial charge on any atom is 0.170 e. The lowest BCUT2D eigenvalue weighted by Gasteiger charge is -2.25. The normalized spacial score (nSPS) is 15.1. The van der Waals surface area contributed by atoms with Crippen LogP contribution in [0.2, 0.25) is 0 Å². The van der Waals surface area contributed by atoms with E-state index in [-0.39, 0.29) is 23.5 Å². The summed E-state index contributed by atoms with van der Waals surface area (Å²) in [6.07, 6.45) is -6.88. The first-order valence-electron chi connectivity index (χ1n) is 9.47. The van der Waals surface area contributed by atoms with Crippen LogP contribution in [0, 0.1) is 0 Å². The number of hydrogen-bond donors (Lipinski definition) is 8. The van der Waals surface area contributed by atoms with Crippen molar-refractivity contribution >= 4 is 5.78 Å². The van der Waals surface area contributed by atoms with E-state index in [4.69, 9.17) is 9.84 Å². The summed E-state index contributed by atoms with van der Waals surface area (Å²) in [7, 11) is 0. The summed E-state index contributed by atoms with van der Waals surface area (Å²) in [6, 6.07) is 8.22. The van der Waals surface area contributed by atoms with Crippen molar-refractivity contribution in [3.8, 4) is 23.0 Å². The summed E-state index contributed by atoms with van der Waals surface area (Å²) in [5, 5.41) is 76.8. The van der Waals surface area contributed by atoms with Crippen LogP contribution in [0.25, 0.3) is 0 Å². The molecule has 0 aliphatic carbocycles. The van der Waals surface area contributed by atoms with Crippen molar-refractivity contribution in [1.82, 2.24) is 0 Å². The molecule has 0 aliphatic rings. The Balaban J connectivity index is 2.11. The van der Waals surface area contributed by atoms with Crippen LogP contribution in [0.5, 0.6) is 23.0 Å². The Kier molecular flexibility index (Phi) is 8.60. The second-order valence-electron chi connectivity index (χ2n) is 7.04. The fourth-order valence-corrected chi connectivity index (χ4v) is 2.86. The van der Waals surface area contributed by atoms with Crippen molar-refractivity contribution < 1.29 is 50.4 Å². The number of aromatic hydroxyl groups is 3. The molecule has 0 saturated heterocycles. The Hall–Kier alpha value is -2.89. The number of carbonyl (C=O) groups excluding carboxylic acids is 1. The Labute approximate surface area is 177 Å². The quantitative estimate of drug-likeness (QED) is 0.211. The second-order valence-corrected chi connectivity index (χ2v) is 7.04. The first-order chi connectivity index (χ1) is 14.6. The minimum Gasteiger partial charge on any atom is -0.508 e. The number of ether oxygens (including phenoxy) is 1. The molecule has 0 aliphatic heterocycles. The monoisotopic (exact) mass is 438 g/mol. The lowest BCUT2D eigenvalue weighted by Crippen LogP contribution is -2.47. The van der Waals surface area contributed by atoms with E-state index in [0.717, 1.165) is 17.7 Å². The SMILES string of the molecule is O=C(CCc1ccc(O)cc1)c1c(O)cc(O)cc1OCC(O)[C@@H](O)[C@H](O)C(O)CO. The molecular weight excluding hydrogens is 412 g/mol. The van der Waals surface area contributed by atoms with Crippen LogP contribution < -0.4 is 4.74 Å². The molecule has 0 radical (unpaired) electrons. The predicted molar refractivity (Wildman–Crippen MR) is 107 cm³/mol. The topological polar surface area (TPSA) is 188 Å². The Morgan fingerprint density at radius 1 is 0.871 bits per heavy atom. The van der Waals surface area contributed by atoms with Crippen LogP contribution in [0.3, 0.4) is 0 Å². The van der Waals surface area contributed by atoms with Crippen molar-refractivity contribution in [2.24, 2.45) is 0 Å². The van der Waals surface area contributed by atoms with Gasteiger partial charge >= 0.3 is 0 Å². The Bertz CT molecular complexity index is 867. The number of benzene rings is 2. The molecule has 2 aromatic carbocycles. The summed E-state index contributed by atoms with van der Waals surface area (Å²) < 4.78 is 5.30. The first-order valence-corrected chi connectivity index (χ1v) is 9.47. The molecule has 170 valence electrons. The standard InChI is InChI=1S/C21H26O10/c22-9-16(27)20(29)21(30)17(28)10-31-18-8-13(24)7-15(26)19(18)14(25)6-3-11-1-4-12(23)5-2-11/h1-2,4-5,7-8,16-17,20-24,26-30H,3,6,9-10H2/t16?,17?,20-,21-/m1/s1. The van der Waals surface area contributed by atoms with Gasteiger partial charge in [-0.2, -0.15) is 0 Å². The van der Waals surface area contributed by atoms with Crippen LogP contribution in [0.15, 0.2) is 36.4 Å².